The van der Waals surface area contributed by atoms with Crippen LogP contribution in [0.3, 0.4) is 0 Å². The van der Waals surface area contributed by atoms with Crippen molar-refractivity contribution in [2.45, 2.75) is 20.4 Å². The second kappa shape index (κ2) is 4.77. The molecule has 0 fully saturated rings. The van der Waals surface area contributed by atoms with Crippen LogP contribution in [0.1, 0.15) is 29.8 Å². The van der Waals surface area contributed by atoms with Gasteiger partial charge in [-0.15, -0.1) is 0 Å². The van der Waals surface area contributed by atoms with Gasteiger partial charge in [0.15, 0.2) is 0 Å². The van der Waals surface area contributed by atoms with Crippen LogP contribution in [0.4, 0.5) is 0 Å². The van der Waals surface area contributed by atoms with Crippen LogP contribution in [-0.4, -0.2) is 18.0 Å². The summed E-state index contributed by atoms with van der Waals surface area (Å²) in [7, 11) is 1.75. The average Bonchev–Trinajstić information content (AvgIpc) is 2.59. The van der Waals surface area contributed by atoms with E-state index < -0.39 is 0 Å². The van der Waals surface area contributed by atoms with Crippen LogP contribution in [0, 0.1) is 0 Å². The molecule has 1 N–H and O–H groups in total. The van der Waals surface area contributed by atoms with Crippen LogP contribution >= 0.6 is 0 Å². The van der Waals surface area contributed by atoms with Gasteiger partial charge in [0.2, 0.25) is 0 Å². The molecule has 0 bridgehead atoms. The highest BCUT2D eigenvalue weighted by atomic mass is 16.2. The van der Waals surface area contributed by atoms with Gasteiger partial charge in [-0.25, -0.2) is 5.43 Å². The van der Waals surface area contributed by atoms with Gasteiger partial charge in [-0.3, -0.25) is 9.80 Å². The van der Waals surface area contributed by atoms with E-state index in [4.69, 9.17) is 0 Å². The Labute approximate surface area is 84.7 Å². The lowest BCUT2D eigenvalue weighted by Gasteiger charge is -2.11. The summed E-state index contributed by atoms with van der Waals surface area (Å²) in [5, 5.41) is 1.60. The molecule has 1 aliphatic rings. The van der Waals surface area contributed by atoms with Crippen molar-refractivity contribution in [1.82, 2.24) is 10.4 Å². The van der Waals surface area contributed by atoms with E-state index in [1.54, 1.807) is 12.1 Å². The standard InChI is InChI=1S/C9H10N2O.C2H6/c1-10-11-6-7-4-2-3-5-8(7)9(11)12;1-2/h2-5,10H,6H2,1H3;1-2H3. The third kappa shape index (κ3) is 1.77. The zero-order valence-electron chi connectivity index (χ0n) is 8.87. The van der Waals surface area contributed by atoms with Gasteiger partial charge in [-0.2, -0.15) is 0 Å². The van der Waals surface area contributed by atoms with Crippen molar-refractivity contribution >= 4 is 5.91 Å². The number of hydrazine groups is 1. The fourth-order valence-corrected chi connectivity index (χ4v) is 1.43. The molecule has 0 atom stereocenters. The van der Waals surface area contributed by atoms with Crippen molar-refractivity contribution in [2.24, 2.45) is 0 Å². The Balaban J connectivity index is 0.000000461. The monoisotopic (exact) mass is 192 g/mol. The second-order valence-corrected chi connectivity index (χ2v) is 2.77. The molecule has 0 saturated heterocycles. The highest BCUT2D eigenvalue weighted by molar-refractivity contribution is 5.97. The maximum atomic E-state index is 11.5. The topological polar surface area (TPSA) is 32.3 Å². The maximum absolute atomic E-state index is 11.5. The first-order chi connectivity index (χ1) is 6.83. The Kier molecular flexibility index (Phi) is 3.65. The first-order valence-electron chi connectivity index (χ1n) is 4.90. The molecule has 3 nitrogen and oxygen atoms in total. The minimum Gasteiger partial charge on any atom is -0.270 e. The number of benzene rings is 1. The van der Waals surface area contributed by atoms with Crippen molar-refractivity contribution in [1.29, 1.82) is 0 Å². The lowest BCUT2D eigenvalue weighted by molar-refractivity contribution is 0.0706. The Morgan fingerprint density at radius 2 is 1.93 bits per heavy atom. The number of carbonyl (C=O) groups excluding carboxylic acids is 1. The van der Waals surface area contributed by atoms with Crippen LogP contribution in [-0.2, 0) is 6.54 Å². The quantitative estimate of drug-likeness (QED) is 0.736. The third-order valence-corrected chi connectivity index (χ3v) is 2.09. The minimum absolute atomic E-state index is 0.0631. The van der Waals surface area contributed by atoms with Crippen molar-refractivity contribution < 1.29 is 4.79 Å². The van der Waals surface area contributed by atoms with Crippen molar-refractivity contribution in [3.8, 4) is 0 Å². The van der Waals surface area contributed by atoms with Crippen LogP contribution in [0.2, 0.25) is 0 Å². The minimum atomic E-state index is 0.0631. The lowest BCUT2D eigenvalue weighted by atomic mass is 10.1. The molecule has 0 saturated carbocycles. The van der Waals surface area contributed by atoms with Gasteiger partial charge in [0.05, 0.1) is 6.54 Å². The SMILES string of the molecule is CC.CNN1Cc2ccccc2C1=O. The summed E-state index contributed by atoms with van der Waals surface area (Å²) in [5.41, 5.74) is 4.75. The number of nitrogens with zero attached hydrogens (tertiary/aromatic N) is 1. The number of hydrogen-bond donors (Lipinski definition) is 1. The molecule has 3 heteroatoms. The molecule has 2 rings (SSSR count). The van der Waals surface area contributed by atoms with Gasteiger partial charge >= 0.3 is 0 Å². The molecule has 0 aliphatic carbocycles. The Hall–Kier alpha value is -1.35. The predicted octanol–water partition coefficient (Wildman–Crippen LogP) is 1.80. The van der Waals surface area contributed by atoms with Gasteiger partial charge in [0.25, 0.3) is 5.91 Å². The largest absolute Gasteiger partial charge is 0.270 e. The molecule has 14 heavy (non-hydrogen) atoms. The highest BCUT2D eigenvalue weighted by Gasteiger charge is 2.25. The van der Waals surface area contributed by atoms with E-state index in [2.05, 4.69) is 5.43 Å². The number of amides is 1. The summed E-state index contributed by atoms with van der Waals surface area (Å²) in [6, 6.07) is 7.67. The maximum Gasteiger partial charge on any atom is 0.268 e. The fourth-order valence-electron chi connectivity index (χ4n) is 1.43. The predicted molar refractivity (Wildman–Crippen MR) is 56.7 cm³/mol. The molecule has 0 radical (unpaired) electrons. The third-order valence-electron chi connectivity index (χ3n) is 2.09. The first kappa shape index (κ1) is 10.7. The van der Waals surface area contributed by atoms with Crippen molar-refractivity contribution in [3.05, 3.63) is 35.4 Å². The van der Waals surface area contributed by atoms with E-state index in [0.29, 0.717) is 6.54 Å². The summed E-state index contributed by atoms with van der Waals surface area (Å²) < 4.78 is 0. The summed E-state index contributed by atoms with van der Waals surface area (Å²) in [4.78, 5) is 11.5. The number of rotatable bonds is 1. The molecule has 1 aromatic rings. The van der Waals surface area contributed by atoms with Crippen LogP contribution in [0.15, 0.2) is 24.3 Å². The van der Waals surface area contributed by atoms with Crippen molar-refractivity contribution in [2.75, 3.05) is 7.05 Å². The summed E-state index contributed by atoms with van der Waals surface area (Å²) in [5.74, 6) is 0.0631. The van der Waals surface area contributed by atoms with Crippen LogP contribution in [0.25, 0.3) is 0 Å². The molecule has 1 aromatic carbocycles. The van der Waals surface area contributed by atoms with Gasteiger partial charge in [0, 0.05) is 12.6 Å². The van der Waals surface area contributed by atoms with Gasteiger partial charge in [0.1, 0.15) is 0 Å². The summed E-state index contributed by atoms with van der Waals surface area (Å²) in [6.45, 7) is 4.67. The van der Waals surface area contributed by atoms with E-state index >= 15 is 0 Å². The van der Waals surface area contributed by atoms with Crippen LogP contribution < -0.4 is 5.43 Å². The summed E-state index contributed by atoms with van der Waals surface area (Å²) >= 11 is 0. The molecular formula is C11H16N2O. The van der Waals surface area contributed by atoms with Gasteiger partial charge in [-0.05, 0) is 11.6 Å². The number of hydrogen-bond acceptors (Lipinski definition) is 2. The van der Waals surface area contributed by atoms with Gasteiger partial charge < -0.3 is 0 Å². The van der Waals surface area contributed by atoms with Gasteiger partial charge in [-0.1, -0.05) is 32.0 Å². The zero-order chi connectivity index (χ0) is 10.6. The Morgan fingerprint density at radius 1 is 1.29 bits per heavy atom. The van der Waals surface area contributed by atoms with E-state index in [-0.39, 0.29) is 5.91 Å². The second-order valence-electron chi connectivity index (χ2n) is 2.77. The van der Waals surface area contributed by atoms with Crippen LogP contribution in [0.5, 0.6) is 0 Å². The average molecular weight is 192 g/mol. The van der Waals surface area contributed by atoms with E-state index in [0.717, 1.165) is 11.1 Å². The number of nitrogens with one attached hydrogen (secondary N) is 1. The molecule has 1 aliphatic heterocycles. The molecule has 1 heterocycles. The molecule has 0 unspecified atom stereocenters. The fraction of sp³-hybridized carbons (Fsp3) is 0.364. The molecule has 1 amide bonds. The normalized spacial score (nSPS) is 13.4. The molecular weight excluding hydrogens is 176 g/mol. The van der Waals surface area contributed by atoms with Crippen molar-refractivity contribution in [3.63, 3.8) is 0 Å². The van der Waals surface area contributed by atoms with E-state index in [1.165, 1.54) is 0 Å². The smallest absolute Gasteiger partial charge is 0.268 e. The Morgan fingerprint density at radius 3 is 2.50 bits per heavy atom. The summed E-state index contributed by atoms with van der Waals surface area (Å²) in [6.07, 6.45) is 0. The zero-order valence-corrected chi connectivity index (χ0v) is 8.87. The molecule has 0 aromatic heterocycles. The van der Waals surface area contributed by atoms with E-state index in [1.807, 2.05) is 38.1 Å². The number of fused-ring (bicyclic) bond motifs is 1. The first-order valence-corrected chi connectivity index (χ1v) is 4.90. The Bertz CT molecular complexity index is 323. The molecule has 76 valence electrons. The number of carbonyl (C=O) groups is 1. The highest BCUT2D eigenvalue weighted by Crippen LogP contribution is 2.19. The van der Waals surface area contributed by atoms with E-state index in [9.17, 15) is 4.79 Å². The molecule has 0 spiro atoms. The lowest BCUT2D eigenvalue weighted by Crippen LogP contribution is -2.34.